The molecule has 0 heterocycles. The molecule has 0 aliphatic heterocycles. The van der Waals surface area contributed by atoms with Crippen LogP contribution >= 0.6 is 24.0 Å². The fraction of sp³-hybridized carbons (Fsp3) is 0.500. The summed E-state index contributed by atoms with van der Waals surface area (Å²) >= 11 is 0. The second-order valence-electron chi connectivity index (χ2n) is 4.37. The number of nitrogens with zero attached hydrogens (tertiary/aromatic N) is 1. The Kier molecular flexibility index (Phi) is 9.96. The molecule has 2 N–H and O–H groups in total. The largest absolute Gasteiger partial charge is 0.497 e. The van der Waals surface area contributed by atoms with Gasteiger partial charge in [0.1, 0.15) is 5.75 Å². The van der Waals surface area contributed by atoms with E-state index in [-0.39, 0.29) is 41.8 Å². The highest BCUT2D eigenvalue weighted by Crippen LogP contribution is 2.34. The first kappa shape index (κ1) is 21.8. The average molecular weight is 447 g/mol. The summed E-state index contributed by atoms with van der Waals surface area (Å²) in [5.74, 6) is 0.569. The second kappa shape index (κ2) is 10.5. The Labute approximate surface area is 150 Å². The maximum Gasteiger partial charge on any atom is 0.416 e. The average Bonchev–Trinajstić information content (AvgIpc) is 2.49. The first-order valence-corrected chi connectivity index (χ1v) is 6.60. The first-order valence-electron chi connectivity index (χ1n) is 6.60. The van der Waals surface area contributed by atoms with Crippen LogP contribution < -0.4 is 15.4 Å². The third-order valence-corrected chi connectivity index (χ3v) is 2.89. The minimum atomic E-state index is -4.45. The van der Waals surface area contributed by atoms with E-state index in [0.29, 0.717) is 19.1 Å². The van der Waals surface area contributed by atoms with E-state index in [2.05, 4.69) is 15.6 Å². The van der Waals surface area contributed by atoms with Crippen molar-refractivity contribution in [3.63, 3.8) is 0 Å². The number of guanidine groups is 1. The van der Waals surface area contributed by atoms with Crippen molar-refractivity contribution < 1.29 is 22.6 Å². The number of halogens is 4. The molecule has 0 radical (unpaired) electrons. The quantitative estimate of drug-likeness (QED) is 0.305. The lowest BCUT2D eigenvalue weighted by Crippen LogP contribution is -2.38. The Morgan fingerprint density at radius 2 is 1.91 bits per heavy atom. The molecule has 132 valence electrons. The zero-order valence-corrected chi connectivity index (χ0v) is 15.5. The van der Waals surface area contributed by atoms with E-state index in [4.69, 9.17) is 9.47 Å². The van der Waals surface area contributed by atoms with Crippen LogP contribution in [0.3, 0.4) is 0 Å². The van der Waals surface area contributed by atoms with Gasteiger partial charge < -0.3 is 20.1 Å². The van der Waals surface area contributed by atoms with E-state index in [0.717, 1.165) is 6.07 Å². The predicted octanol–water partition coefficient (Wildman–Crippen LogP) is 2.64. The molecule has 0 amide bonds. The third-order valence-electron chi connectivity index (χ3n) is 2.89. The molecule has 0 aromatic heterocycles. The number of ether oxygens (including phenoxy) is 2. The molecule has 0 bridgehead atoms. The van der Waals surface area contributed by atoms with Gasteiger partial charge in [-0.3, -0.25) is 4.99 Å². The number of methoxy groups -OCH3 is 2. The van der Waals surface area contributed by atoms with Crippen LogP contribution in [0.15, 0.2) is 23.2 Å². The van der Waals surface area contributed by atoms with E-state index >= 15 is 0 Å². The van der Waals surface area contributed by atoms with E-state index in [1.165, 1.54) is 19.2 Å². The van der Waals surface area contributed by atoms with Gasteiger partial charge in [-0.2, -0.15) is 13.2 Å². The minimum Gasteiger partial charge on any atom is -0.497 e. The summed E-state index contributed by atoms with van der Waals surface area (Å²) in [6, 6.07) is 3.86. The van der Waals surface area contributed by atoms with E-state index in [1.807, 2.05) is 0 Å². The molecule has 0 unspecified atom stereocenters. The molecule has 0 spiro atoms. The molecule has 5 nitrogen and oxygen atoms in total. The van der Waals surface area contributed by atoms with Crippen LogP contribution in [0.5, 0.6) is 5.75 Å². The maximum atomic E-state index is 13.1. The van der Waals surface area contributed by atoms with Crippen molar-refractivity contribution in [2.75, 3.05) is 34.4 Å². The van der Waals surface area contributed by atoms with E-state index in [9.17, 15) is 13.2 Å². The number of rotatable bonds is 6. The van der Waals surface area contributed by atoms with Crippen LogP contribution in [0.4, 0.5) is 13.2 Å². The Morgan fingerprint density at radius 1 is 1.22 bits per heavy atom. The first-order chi connectivity index (χ1) is 10.4. The van der Waals surface area contributed by atoms with Gasteiger partial charge in [0.05, 0.1) is 19.3 Å². The molecule has 0 saturated carbocycles. The molecule has 0 fully saturated rings. The van der Waals surface area contributed by atoms with Crippen LogP contribution in [-0.2, 0) is 17.5 Å². The number of hydrogen-bond acceptors (Lipinski definition) is 3. The molecule has 1 rings (SSSR count). The molecular weight excluding hydrogens is 426 g/mol. The fourth-order valence-corrected chi connectivity index (χ4v) is 1.77. The summed E-state index contributed by atoms with van der Waals surface area (Å²) < 4.78 is 48.9. The Morgan fingerprint density at radius 3 is 2.43 bits per heavy atom. The van der Waals surface area contributed by atoms with Gasteiger partial charge in [-0.15, -0.1) is 24.0 Å². The molecule has 0 atom stereocenters. The van der Waals surface area contributed by atoms with Crippen molar-refractivity contribution in [3.8, 4) is 5.75 Å². The second-order valence-corrected chi connectivity index (χ2v) is 4.37. The number of aliphatic imine (C=N–C) groups is 1. The molecule has 0 aliphatic carbocycles. The van der Waals surface area contributed by atoms with Crippen molar-refractivity contribution >= 4 is 29.9 Å². The highest BCUT2D eigenvalue weighted by Gasteiger charge is 2.33. The Bertz CT molecular complexity index is 511. The zero-order chi connectivity index (χ0) is 16.6. The molecule has 0 saturated heterocycles. The summed E-state index contributed by atoms with van der Waals surface area (Å²) in [6.45, 7) is 0.966. The maximum absolute atomic E-state index is 13.1. The fourth-order valence-electron chi connectivity index (χ4n) is 1.77. The molecule has 1 aromatic carbocycles. The number of alkyl halides is 3. The van der Waals surface area contributed by atoms with Gasteiger partial charge in [0.25, 0.3) is 0 Å². The lowest BCUT2D eigenvalue weighted by atomic mass is 10.1. The predicted molar refractivity (Wildman–Crippen MR) is 93.5 cm³/mol. The smallest absolute Gasteiger partial charge is 0.416 e. The van der Waals surface area contributed by atoms with Crippen LogP contribution in [0, 0.1) is 0 Å². The molecule has 9 heteroatoms. The highest BCUT2D eigenvalue weighted by molar-refractivity contribution is 14.0. The van der Waals surface area contributed by atoms with E-state index < -0.39 is 11.7 Å². The van der Waals surface area contributed by atoms with Gasteiger partial charge in [-0.25, -0.2) is 0 Å². The third kappa shape index (κ3) is 7.25. The van der Waals surface area contributed by atoms with Crippen LogP contribution in [0.25, 0.3) is 0 Å². The van der Waals surface area contributed by atoms with Gasteiger partial charge in [0.2, 0.25) is 0 Å². The van der Waals surface area contributed by atoms with Gasteiger partial charge in [-0.1, -0.05) is 6.07 Å². The molecular formula is C14H21F3IN3O2. The number of benzene rings is 1. The summed E-state index contributed by atoms with van der Waals surface area (Å²) in [7, 11) is 4.43. The SMILES string of the molecule is CN=C(NCCOC)NCc1ccc(OC)cc1C(F)(F)F.I. The highest BCUT2D eigenvalue weighted by atomic mass is 127. The van der Waals surface area contributed by atoms with Gasteiger partial charge >= 0.3 is 6.18 Å². The van der Waals surface area contributed by atoms with Gasteiger partial charge in [-0.05, 0) is 17.7 Å². The summed E-state index contributed by atoms with van der Waals surface area (Å²) in [6.07, 6.45) is -4.45. The zero-order valence-electron chi connectivity index (χ0n) is 13.2. The normalized spacial score (nSPS) is 11.7. The van der Waals surface area contributed by atoms with Crippen LogP contribution in [0.2, 0.25) is 0 Å². The van der Waals surface area contributed by atoms with Crippen molar-refractivity contribution in [2.45, 2.75) is 12.7 Å². The summed E-state index contributed by atoms with van der Waals surface area (Å²) in [5.41, 5.74) is -0.616. The van der Waals surface area contributed by atoms with Crippen molar-refractivity contribution in [2.24, 2.45) is 4.99 Å². The summed E-state index contributed by atoms with van der Waals surface area (Å²) in [4.78, 5) is 3.93. The Balaban J connectivity index is 0.00000484. The standard InChI is InChI=1S/C14H20F3N3O2.HI/c1-18-13(19-6-7-21-2)20-9-10-4-5-11(22-3)8-12(10)14(15,16)17;/h4-5,8H,6-7,9H2,1-3H3,(H2,18,19,20);1H. The Hall–Kier alpha value is -1.23. The summed E-state index contributed by atoms with van der Waals surface area (Å²) in [5, 5.41) is 5.77. The lowest BCUT2D eigenvalue weighted by Gasteiger charge is -2.16. The minimum absolute atomic E-state index is 0. The molecule has 1 aromatic rings. The monoisotopic (exact) mass is 447 g/mol. The van der Waals surface area contributed by atoms with Gasteiger partial charge in [0.15, 0.2) is 5.96 Å². The van der Waals surface area contributed by atoms with Crippen LogP contribution in [0.1, 0.15) is 11.1 Å². The van der Waals surface area contributed by atoms with E-state index in [1.54, 1.807) is 14.2 Å². The van der Waals surface area contributed by atoms with Crippen molar-refractivity contribution in [3.05, 3.63) is 29.3 Å². The molecule has 23 heavy (non-hydrogen) atoms. The molecule has 0 aliphatic rings. The van der Waals surface area contributed by atoms with Crippen molar-refractivity contribution in [1.29, 1.82) is 0 Å². The number of hydrogen-bond donors (Lipinski definition) is 2. The van der Waals surface area contributed by atoms with Crippen LogP contribution in [-0.4, -0.2) is 40.4 Å². The topological polar surface area (TPSA) is 54.9 Å². The lowest BCUT2D eigenvalue weighted by molar-refractivity contribution is -0.138. The van der Waals surface area contributed by atoms with Gasteiger partial charge in [0, 0.05) is 27.2 Å². The van der Waals surface area contributed by atoms with Crippen molar-refractivity contribution in [1.82, 2.24) is 10.6 Å². The number of nitrogens with one attached hydrogen (secondary N) is 2.